The zero-order chi connectivity index (χ0) is 21.8. The number of epoxide rings is 1. The van der Waals surface area contributed by atoms with Gasteiger partial charge in [0.05, 0.1) is 16.8 Å². The Bertz CT molecular complexity index is 942. The number of carbonyl (C=O) groups excluding carboxylic acids is 2. The van der Waals surface area contributed by atoms with Crippen LogP contribution in [-0.4, -0.2) is 52.7 Å². The fourth-order valence-corrected chi connectivity index (χ4v) is 3.25. The molecule has 10 heteroatoms. The number of aromatic hydroxyl groups is 2. The number of nitrogens with two attached hydrogens (primary N) is 1. The molecular weight excluding hydrogens is 416 g/mol. The molecule has 2 aliphatic rings. The van der Waals surface area contributed by atoms with Crippen molar-refractivity contribution in [3.05, 3.63) is 46.5 Å². The lowest BCUT2D eigenvalue weighted by Gasteiger charge is -2.17. The topological polar surface area (TPSA) is 144 Å². The van der Waals surface area contributed by atoms with E-state index in [1.807, 2.05) is 6.08 Å². The van der Waals surface area contributed by atoms with Gasteiger partial charge in [-0.2, -0.15) is 0 Å². The molecule has 0 aliphatic carbocycles. The second-order valence-corrected chi connectivity index (χ2v) is 7.29. The Hall–Kier alpha value is -3.04. The van der Waals surface area contributed by atoms with Crippen LogP contribution in [0.3, 0.4) is 0 Å². The molecule has 3 atom stereocenters. The molecular formula is C20H21ClN2O7. The van der Waals surface area contributed by atoms with E-state index in [0.29, 0.717) is 6.42 Å². The number of amides is 1. The van der Waals surface area contributed by atoms with Crippen LogP contribution in [0.2, 0.25) is 5.02 Å². The largest absolute Gasteiger partial charge is 0.507 e. The second-order valence-electron chi connectivity index (χ2n) is 6.92. The third-order valence-corrected chi connectivity index (χ3v) is 4.89. The molecule has 0 spiro atoms. The van der Waals surface area contributed by atoms with E-state index in [0.717, 1.165) is 6.07 Å². The first-order chi connectivity index (χ1) is 14.3. The normalized spacial score (nSPS) is 27.2. The van der Waals surface area contributed by atoms with Crippen LogP contribution in [0.25, 0.3) is 0 Å². The zero-order valence-electron chi connectivity index (χ0n) is 16.1. The maximum Gasteiger partial charge on any atom is 0.342 e. The Balaban J connectivity index is 2.03. The van der Waals surface area contributed by atoms with Crippen LogP contribution in [0.5, 0.6) is 11.5 Å². The fraction of sp³-hybridized carbons (Fsp3) is 0.350. The molecule has 0 aromatic heterocycles. The van der Waals surface area contributed by atoms with E-state index in [-0.39, 0.29) is 40.5 Å². The molecule has 1 aromatic rings. The average molecular weight is 437 g/mol. The van der Waals surface area contributed by atoms with Crippen LogP contribution >= 0.6 is 11.6 Å². The number of esters is 1. The number of carbonyl (C=O) groups is 2. The molecule has 2 aliphatic heterocycles. The Morgan fingerprint density at radius 2 is 2.13 bits per heavy atom. The minimum atomic E-state index is -0.803. The molecule has 1 aromatic carbocycles. The van der Waals surface area contributed by atoms with Crippen LogP contribution < -0.4 is 5.73 Å². The number of allylic oxidation sites excluding steroid dienone is 3. The highest BCUT2D eigenvalue weighted by molar-refractivity contribution is 6.33. The number of oxime groups is 1. The number of phenols is 2. The molecule has 0 bridgehead atoms. The molecule has 3 rings (SSSR count). The molecule has 0 unspecified atom stereocenters. The van der Waals surface area contributed by atoms with Crippen LogP contribution in [0.15, 0.2) is 35.5 Å². The first kappa shape index (κ1) is 21.7. The Morgan fingerprint density at radius 3 is 2.87 bits per heavy atom. The smallest absolute Gasteiger partial charge is 0.342 e. The number of cyclic esters (lactones) is 1. The number of hydrogen-bond donors (Lipinski definition) is 3. The quantitative estimate of drug-likeness (QED) is 0.373. The van der Waals surface area contributed by atoms with Crippen molar-refractivity contribution in [3.63, 3.8) is 0 Å². The van der Waals surface area contributed by atoms with E-state index in [1.165, 1.54) is 0 Å². The van der Waals surface area contributed by atoms with Crippen molar-refractivity contribution in [1.29, 1.82) is 0 Å². The van der Waals surface area contributed by atoms with Crippen molar-refractivity contribution >= 4 is 29.2 Å². The van der Waals surface area contributed by atoms with E-state index >= 15 is 0 Å². The summed E-state index contributed by atoms with van der Waals surface area (Å²) in [4.78, 5) is 28.6. The molecule has 1 saturated heterocycles. The predicted octanol–water partition coefficient (Wildman–Crippen LogP) is 1.98. The third kappa shape index (κ3) is 5.31. The van der Waals surface area contributed by atoms with Gasteiger partial charge in [0, 0.05) is 18.9 Å². The van der Waals surface area contributed by atoms with Crippen molar-refractivity contribution in [2.75, 3.05) is 6.61 Å². The van der Waals surface area contributed by atoms with Crippen molar-refractivity contribution in [2.24, 2.45) is 10.9 Å². The molecule has 1 amide bonds. The summed E-state index contributed by atoms with van der Waals surface area (Å²) in [7, 11) is 0. The van der Waals surface area contributed by atoms with Gasteiger partial charge in [-0.05, 0) is 18.6 Å². The number of nitrogens with zero attached hydrogens (tertiary/aromatic N) is 1. The van der Waals surface area contributed by atoms with Gasteiger partial charge >= 0.3 is 5.97 Å². The van der Waals surface area contributed by atoms with Gasteiger partial charge in [-0.25, -0.2) is 4.79 Å². The zero-order valence-corrected chi connectivity index (χ0v) is 16.8. The number of primary amides is 1. The van der Waals surface area contributed by atoms with Gasteiger partial charge in [0.1, 0.15) is 29.3 Å². The van der Waals surface area contributed by atoms with Crippen LogP contribution in [0.1, 0.15) is 29.3 Å². The van der Waals surface area contributed by atoms with E-state index in [2.05, 4.69) is 5.16 Å². The summed E-state index contributed by atoms with van der Waals surface area (Å²) >= 11 is 6.22. The highest BCUT2D eigenvalue weighted by atomic mass is 35.5. The number of fused-ring (bicyclic) bond motifs is 2. The molecule has 4 N–H and O–H groups in total. The lowest BCUT2D eigenvalue weighted by molar-refractivity contribution is -0.122. The summed E-state index contributed by atoms with van der Waals surface area (Å²) in [6.45, 7) is 1.27. The predicted molar refractivity (Wildman–Crippen MR) is 108 cm³/mol. The van der Waals surface area contributed by atoms with Gasteiger partial charge < -0.3 is 30.3 Å². The molecule has 1 fully saturated rings. The molecule has 2 heterocycles. The minimum Gasteiger partial charge on any atom is -0.507 e. The van der Waals surface area contributed by atoms with E-state index in [4.69, 9.17) is 31.6 Å². The maximum absolute atomic E-state index is 12.8. The van der Waals surface area contributed by atoms with Crippen LogP contribution in [0, 0.1) is 0 Å². The summed E-state index contributed by atoms with van der Waals surface area (Å²) in [6, 6.07) is 0.967. The average Bonchev–Trinajstić information content (AvgIpc) is 3.38. The van der Waals surface area contributed by atoms with Gasteiger partial charge in [0.2, 0.25) is 0 Å². The van der Waals surface area contributed by atoms with E-state index < -0.39 is 36.1 Å². The highest BCUT2D eigenvalue weighted by Gasteiger charge is 2.38. The lowest BCUT2D eigenvalue weighted by Crippen LogP contribution is -2.20. The summed E-state index contributed by atoms with van der Waals surface area (Å²) in [5.41, 5.74) is 5.20. The Kier molecular flexibility index (Phi) is 6.63. The number of hydrogen-bond acceptors (Lipinski definition) is 8. The Labute approximate surface area is 177 Å². The number of benzene rings is 1. The molecule has 160 valence electrons. The SMILES string of the molecule is C[C@@H]1C[C@H]2O[C@@H]2\C=C/C=C/C(=N\OCC(N)=O)Cc2c(Cl)c(O)cc(O)c2C(=O)O1. The van der Waals surface area contributed by atoms with Gasteiger partial charge in [-0.1, -0.05) is 35.0 Å². The van der Waals surface area contributed by atoms with Gasteiger partial charge in [0.25, 0.3) is 5.91 Å². The lowest BCUT2D eigenvalue weighted by atomic mass is 9.99. The summed E-state index contributed by atoms with van der Waals surface area (Å²) < 4.78 is 11.0. The summed E-state index contributed by atoms with van der Waals surface area (Å²) in [5, 5.41) is 24.0. The standard InChI is InChI=1S/C20H21ClN2O7/c1-10-6-16-15(30-16)5-3-2-4-11(23-28-9-17(22)26)7-12-18(20(27)29-10)13(24)8-14(25)19(12)21/h2-5,8,10,15-16,24-25H,6-7,9H2,1H3,(H2,22,26)/b4-2+,5-3-,23-11+/t10-,15-,16-/m1/s1. The van der Waals surface area contributed by atoms with Crippen LogP contribution in [0.4, 0.5) is 0 Å². The van der Waals surface area contributed by atoms with E-state index in [1.54, 1.807) is 25.2 Å². The first-order valence-electron chi connectivity index (χ1n) is 9.18. The second kappa shape index (κ2) is 9.19. The number of ether oxygens (including phenoxy) is 2. The molecule has 9 nitrogen and oxygen atoms in total. The summed E-state index contributed by atoms with van der Waals surface area (Å²) in [6.07, 6.45) is 6.59. The van der Waals surface area contributed by atoms with Gasteiger partial charge in [-0.15, -0.1) is 0 Å². The minimum absolute atomic E-state index is 0.0797. The van der Waals surface area contributed by atoms with Crippen molar-refractivity contribution < 1.29 is 34.1 Å². The van der Waals surface area contributed by atoms with Crippen molar-refractivity contribution in [3.8, 4) is 11.5 Å². The van der Waals surface area contributed by atoms with Crippen molar-refractivity contribution in [2.45, 2.75) is 38.1 Å². The molecule has 0 radical (unpaired) electrons. The number of phenolic OH excluding ortho intramolecular Hbond substituents is 2. The van der Waals surface area contributed by atoms with Crippen molar-refractivity contribution in [1.82, 2.24) is 0 Å². The van der Waals surface area contributed by atoms with Gasteiger partial charge in [-0.3, -0.25) is 4.79 Å². The molecule has 0 saturated carbocycles. The van der Waals surface area contributed by atoms with Gasteiger partial charge in [0.15, 0.2) is 6.61 Å². The highest BCUT2D eigenvalue weighted by Crippen LogP contribution is 2.38. The number of rotatable bonds is 3. The summed E-state index contributed by atoms with van der Waals surface area (Å²) in [5.74, 6) is -2.42. The van der Waals surface area contributed by atoms with Crippen LogP contribution in [-0.2, 0) is 25.5 Å². The fourth-order valence-electron chi connectivity index (χ4n) is 3.03. The van der Waals surface area contributed by atoms with E-state index in [9.17, 15) is 19.8 Å². The number of halogens is 1. The first-order valence-corrected chi connectivity index (χ1v) is 9.55. The monoisotopic (exact) mass is 436 g/mol. The third-order valence-electron chi connectivity index (χ3n) is 4.47. The Morgan fingerprint density at radius 1 is 1.37 bits per heavy atom. The molecule has 30 heavy (non-hydrogen) atoms. The maximum atomic E-state index is 12.8.